The van der Waals surface area contributed by atoms with Gasteiger partial charge in [-0.3, -0.25) is 4.79 Å². The van der Waals surface area contributed by atoms with Gasteiger partial charge in [-0.15, -0.1) is 0 Å². The summed E-state index contributed by atoms with van der Waals surface area (Å²) < 4.78 is 0. The van der Waals surface area contributed by atoms with Crippen LogP contribution in [0.2, 0.25) is 0 Å². The van der Waals surface area contributed by atoms with E-state index >= 15 is 0 Å². The van der Waals surface area contributed by atoms with Crippen molar-refractivity contribution in [2.24, 2.45) is 5.73 Å². The van der Waals surface area contributed by atoms with Gasteiger partial charge < -0.3 is 11.1 Å². The van der Waals surface area contributed by atoms with E-state index in [1.54, 1.807) is 0 Å². The molecule has 0 aliphatic carbocycles. The van der Waals surface area contributed by atoms with Crippen LogP contribution in [0.25, 0.3) is 0 Å². The van der Waals surface area contributed by atoms with Gasteiger partial charge in [-0.2, -0.15) is 0 Å². The van der Waals surface area contributed by atoms with E-state index in [1.165, 1.54) is 12.5 Å². The molecule has 0 fully saturated rings. The highest BCUT2D eigenvalue weighted by molar-refractivity contribution is 5.73. The molecule has 0 saturated heterocycles. The van der Waals surface area contributed by atoms with Gasteiger partial charge in [0.15, 0.2) is 0 Å². The Balaban J connectivity index is 0.00000121. The molecule has 0 aromatic heterocycles. The second-order valence-electron chi connectivity index (χ2n) is 3.74. The average molecular weight is 236 g/mol. The lowest BCUT2D eigenvalue weighted by atomic mass is 9.93. The zero-order chi connectivity index (χ0) is 13.3. The van der Waals surface area contributed by atoms with Crippen molar-refractivity contribution in [3.8, 4) is 0 Å². The minimum Gasteiger partial charge on any atom is -0.352 e. The van der Waals surface area contributed by atoms with Crippen molar-refractivity contribution in [2.75, 3.05) is 6.54 Å². The number of hydrogen-bond donors (Lipinski definition) is 2. The maximum atomic E-state index is 11.0. The number of rotatable bonds is 4. The summed E-state index contributed by atoms with van der Waals surface area (Å²) in [7, 11) is 0. The average Bonchev–Trinajstić information content (AvgIpc) is 2.38. The molecule has 2 unspecified atom stereocenters. The number of amides is 1. The van der Waals surface area contributed by atoms with Crippen LogP contribution in [-0.2, 0) is 4.79 Å². The molecule has 1 amide bonds. The number of carbonyl (C=O) groups is 1. The minimum atomic E-state index is -0.0340. The Morgan fingerprint density at radius 3 is 2.24 bits per heavy atom. The van der Waals surface area contributed by atoms with Crippen molar-refractivity contribution >= 4 is 5.91 Å². The Bertz CT molecular complexity index is 311. The standard InChI is InChI=1S/C12H18N2O.C2H6/c1-9(11-6-4-3-5-7-11)12(8-13)14-10(2)15;1-2/h3-7,9,12H,8,13H2,1-2H3,(H,14,15);1-2H3. The van der Waals surface area contributed by atoms with Crippen LogP contribution in [0.1, 0.15) is 39.2 Å². The lowest BCUT2D eigenvalue weighted by Crippen LogP contribution is -2.42. The summed E-state index contributed by atoms with van der Waals surface area (Å²) in [5.41, 5.74) is 6.84. The third kappa shape index (κ3) is 5.50. The Hall–Kier alpha value is -1.35. The normalized spacial score (nSPS) is 13.0. The molecule has 3 heteroatoms. The second-order valence-corrected chi connectivity index (χ2v) is 3.74. The summed E-state index contributed by atoms with van der Waals surface area (Å²) >= 11 is 0. The minimum absolute atomic E-state index is 0.00454. The van der Waals surface area contributed by atoms with E-state index < -0.39 is 0 Å². The van der Waals surface area contributed by atoms with Crippen molar-refractivity contribution < 1.29 is 4.79 Å². The van der Waals surface area contributed by atoms with E-state index in [-0.39, 0.29) is 17.9 Å². The summed E-state index contributed by atoms with van der Waals surface area (Å²) in [5, 5.41) is 2.86. The highest BCUT2D eigenvalue weighted by atomic mass is 16.1. The molecule has 17 heavy (non-hydrogen) atoms. The first kappa shape index (κ1) is 15.7. The van der Waals surface area contributed by atoms with Crippen molar-refractivity contribution in [3.63, 3.8) is 0 Å². The van der Waals surface area contributed by atoms with Gasteiger partial charge in [-0.1, -0.05) is 51.1 Å². The maximum Gasteiger partial charge on any atom is 0.217 e. The summed E-state index contributed by atoms with van der Waals surface area (Å²) in [6.07, 6.45) is 0. The quantitative estimate of drug-likeness (QED) is 0.842. The van der Waals surface area contributed by atoms with Crippen molar-refractivity contribution in [3.05, 3.63) is 35.9 Å². The third-order valence-corrected chi connectivity index (χ3v) is 2.57. The topological polar surface area (TPSA) is 55.1 Å². The Morgan fingerprint density at radius 2 is 1.82 bits per heavy atom. The summed E-state index contributed by atoms with van der Waals surface area (Å²) in [4.78, 5) is 11.0. The Kier molecular flexibility index (Phi) is 8.07. The molecule has 0 bridgehead atoms. The summed E-state index contributed by atoms with van der Waals surface area (Å²) in [6, 6.07) is 10.1. The molecule has 0 spiro atoms. The van der Waals surface area contributed by atoms with Crippen molar-refractivity contribution in [2.45, 2.75) is 39.7 Å². The van der Waals surface area contributed by atoms with E-state index in [4.69, 9.17) is 5.73 Å². The molecule has 0 saturated carbocycles. The molecule has 0 radical (unpaired) electrons. The fourth-order valence-electron chi connectivity index (χ4n) is 1.64. The Morgan fingerprint density at radius 1 is 1.29 bits per heavy atom. The number of benzene rings is 1. The first-order valence-corrected chi connectivity index (χ1v) is 6.17. The van der Waals surface area contributed by atoms with Gasteiger partial charge in [-0.05, 0) is 5.56 Å². The van der Waals surface area contributed by atoms with Gasteiger partial charge in [0.1, 0.15) is 0 Å². The molecule has 1 aromatic rings. The lowest BCUT2D eigenvalue weighted by molar-refractivity contribution is -0.119. The van der Waals surface area contributed by atoms with Gasteiger partial charge in [0.25, 0.3) is 0 Å². The summed E-state index contributed by atoms with van der Waals surface area (Å²) in [5.74, 6) is 0.202. The SMILES string of the molecule is CC.CC(=O)NC(CN)C(C)c1ccccc1. The predicted molar refractivity (Wildman–Crippen MR) is 72.9 cm³/mol. The summed E-state index contributed by atoms with van der Waals surface area (Å²) in [6.45, 7) is 8.04. The lowest BCUT2D eigenvalue weighted by Gasteiger charge is -2.23. The third-order valence-electron chi connectivity index (χ3n) is 2.57. The van der Waals surface area contributed by atoms with E-state index in [9.17, 15) is 4.79 Å². The Labute approximate surface area is 104 Å². The molecule has 0 aliphatic heterocycles. The van der Waals surface area contributed by atoms with Crippen LogP contribution in [0.3, 0.4) is 0 Å². The van der Waals surface area contributed by atoms with Crippen molar-refractivity contribution in [1.82, 2.24) is 5.32 Å². The van der Waals surface area contributed by atoms with Gasteiger partial charge in [0, 0.05) is 25.4 Å². The van der Waals surface area contributed by atoms with Gasteiger partial charge in [0.05, 0.1) is 0 Å². The van der Waals surface area contributed by atoms with Crippen LogP contribution in [0.15, 0.2) is 30.3 Å². The van der Waals surface area contributed by atoms with Gasteiger partial charge in [0.2, 0.25) is 5.91 Å². The van der Waals surface area contributed by atoms with E-state index in [0.29, 0.717) is 6.54 Å². The van der Waals surface area contributed by atoms with Crippen LogP contribution in [0.4, 0.5) is 0 Å². The van der Waals surface area contributed by atoms with Gasteiger partial charge in [-0.25, -0.2) is 0 Å². The zero-order valence-corrected chi connectivity index (χ0v) is 11.2. The predicted octanol–water partition coefficient (Wildman–Crippen LogP) is 2.28. The molecule has 2 atom stereocenters. The van der Waals surface area contributed by atoms with Crippen LogP contribution in [0.5, 0.6) is 0 Å². The van der Waals surface area contributed by atoms with E-state index in [2.05, 4.69) is 24.4 Å². The molecular formula is C14H24N2O. The molecule has 0 heterocycles. The number of carbonyl (C=O) groups excluding carboxylic acids is 1. The van der Waals surface area contributed by atoms with Crippen molar-refractivity contribution in [1.29, 1.82) is 0 Å². The highest BCUT2D eigenvalue weighted by Gasteiger charge is 2.17. The number of hydrogen-bond acceptors (Lipinski definition) is 2. The van der Waals surface area contributed by atoms with Crippen LogP contribution in [0, 0.1) is 0 Å². The highest BCUT2D eigenvalue weighted by Crippen LogP contribution is 2.18. The largest absolute Gasteiger partial charge is 0.352 e. The molecule has 1 rings (SSSR count). The van der Waals surface area contributed by atoms with E-state index in [1.807, 2.05) is 32.0 Å². The van der Waals surface area contributed by atoms with Crippen LogP contribution in [-0.4, -0.2) is 18.5 Å². The first-order chi connectivity index (χ1) is 8.15. The molecular weight excluding hydrogens is 212 g/mol. The monoisotopic (exact) mass is 236 g/mol. The number of nitrogens with one attached hydrogen (secondary N) is 1. The fourth-order valence-corrected chi connectivity index (χ4v) is 1.64. The molecule has 0 aliphatic rings. The number of nitrogens with two attached hydrogens (primary N) is 1. The maximum absolute atomic E-state index is 11.0. The fraction of sp³-hybridized carbons (Fsp3) is 0.500. The molecule has 3 nitrogen and oxygen atoms in total. The smallest absolute Gasteiger partial charge is 0.217 e. The molecule has 96 valence electrons. The van der Waals surface area contributed by atoms with E-state index in [0.717, 1.165) is 0 Å². The molecule has 3 N–H and O–H groups in total. The first-order valence-electron chi connectivity index (χ1n) is 6.17. The zero-order valence-electron chi connectivity index (χ0n) is 11.2. The molecule has 1 aromatic carbocycles. The second kappa shape index (κ2) is 8.76. The van der Waals surface area contributed by atoms with Gasteiger partial charge >= 0.3 is 0 Å². The van der Waals surface area contributed by atoms with Crippen LogP contribution < -0.4 is 11.1 Å². The van der Waals surface area contributed by atoms with Crippen LogP contribution >= 0.6 is 0 Å².